The first kappa shape index (κ1) is 14.7. The zero-order chi connectivity index (χ0) is 14.0. The number of hydrogen-bond donors (Lipinski definition) is 0. The van der Waals surface area contributed by atoms with Gasteiger partial charge in [0.05, 0.1) is 21.8 Å². The molecular formula is C13H18O4S. The molecule has 0 saturated carbocycles. The maximum absolute atomic E-state index is 12.1. The monoisotopic (exact) mass is 270 g/mol. The molecule has 1 rings (SSSR count). The van der Waals surface area contributed by atoms with Crippen LogP contribution in [-0.2, 0) is 14.6 Å². The largest absolute Gasteiger partial charge is 0.462 e. The number of benzene rings is 1. The van der Waals surface area contributed by atoms with Crippen molar-refractivity contribution in [3.63, 3.8) is 0 Å². The highest BCUT2D eigenvalue weighted by molar-refractivity contribution is 7.92. The molecule has 0 amide bonds. The minimum absolute atomic E-state index is 0.211. The lowest BCUT2D eigenvalue weighted by atomic mass is 10.2. The van der Waals surface area contributed by atoms with Gasteiger partial charge in [0.2, 0.25) is 0 Å². The van der Waals surface area contributed by atoms with E-state index in [0.717, 1.165) is 0 Å². The molecule has 1 aromatic rings. The lowest BCUT2D eigenvalue weighted by Gasteiger charge is -2.19. The van der Waals surface area contributed by atoms with E-state index in [1.165, 1.54) is 24.3 Å². The van der Waals surface area contributed by atoms with Crippen LogP contribution in [0.4, 0.5) is 0 Å². The highest BCUT2D eigenvalue weighted by Gasteiger charge is 2.30. The zero-order valence-corrected chi connectivity index (χ0v) is 11.9. The fourth-order valence-electron chi connectivity index (χ4n) is 1.34. The number of ether oxygens (including phenoxy) is 1. The summed E-state index contributed by atoms with van der Waals surface area (Å²) < 4.78 is 28.3. The summed E-state index contributed by atoms with van der Waals surface area (Å²) in [6.07, 6.45) is 0. The summed E-state index contributed by atoms with van der Waals surface area (Å²) in [4.78, 5) is 11.6. The minimum Gasteiger partial charge on any atom is -0.462 e. The molecule has 0 aliphatic heterocycles. The normalized spacial score (nSPS) is 12.2. The van der Waals surface area contributed by atoms with Gasteiger partial charge in [0.15, 0.2) is 9.84 Å². The second kappa shape index (κ2) is 5.10. The van der Waals surface area contributed by atoms with Gasteiger partial charge in [-0.3, -0.25) is 0 Å². The summed E-state index contributed by atoms with van der Waals surface area (Å²) in [5.41, 5.74) is 0.352. The van der Waals surface area contributed by atoms with E-state index < -0.39 is 20.6 Å². The molecule has 0 aromatic heterocycles. The third-order valence-electron chi connectivity index (χ3n) is 2.48. The van der Waals surface area contributed by atoms with Crippen LogP contribution in [0.2, 0.25) is 0 Å². The van der Waals surface area contributed by atoms with Gasteiger partial charge < -0.3 is 4.74 Å². The Morgan fingerprint density at radius 1 is 1.17 bits per heavy atom. The average Bonchev–Trinajstić information content (AvgIpc) is 2.28. The van der Waals surface area contributed by atoms with Gasteiger partial charge in [0, 0.05) is 0 Å². The molecule has 0 radical (unpaired) electrons. The van der Waals surface area contributed by atoms with Crippen molar-refractivity contribution in [1.82, 2.24) is 0 Å². The lowest BCUT2D eigenvalue weighted by molar-refractivity contribution is 0.0526. The van der Waals surface area contributed by atoms with Crippen molar-refractivity contribution in [3.05, 3.63) is 29.8 Å². The van der Waals surface area contributed by atoms with Crippen molar-refractivity contribution < 1.29 is 17.9 Å². The van der Waals surface area contributed by atoms with Crippen molar-refractivity contribution in [2.24, 2.45) is 0 Å². The van der Waals surface area contributed by atoms with Crippen LogP contribution in [-0.4, -0.2) is 25.7 Å². The third-order valence-corrected chi connectivity index (χ3v) is 4.99. The molecule has 0 spiro atoms. The van der Waals surface area contributed by atoms with E-state index in [1.807, 2.05) is 0 Å². The van der Waals surface area contributed by atoms with Crippen LogP contribution in [0.5, 0.6) is 0 Å². The Balaban J connectivity index is 3.08. The van der Waals surface area contributed by atoms with Crippen molar-refractivity contribution >= 4 is 15.8 Å². The SMILES string of the molecule is CCOC(=O)c1ccc(S(=O)(=O)C(C)(C)C)cc1. The molecule has 0 heterocycles. The van der Waals surface area contributed by atoms with Crippen LogP contribution in [0.15, 0.2) is 29.2 Å². The molecule has 0 aliphatic rings. The van der Waals surface area contributed by atoms with Gasteiger partial charge in [-0.25, -0.2) is 13.2 Å². The van der Waals surface area contributed by atoms with Crippen molar-refractivity contribution in [3.8, 4) is 0 Å². The molecule has 0 saturated heterocycles. The maximum atomic E-state index is 12.1. The van der Waals surface area contributed by atoms with E-state index in [-0.39, 0.29) is 4.90 Å². The smallest absolute Gasteiger partial charge is 0.338 e. The molecule has 0 fully saturated rings. The molecule has 100 valence electrons. The molecule has 0 bridgehead atoms. The van der Waals surface area contributed by atoms with Gasteiger partial charge in [-0.15, -0.1) is 0 Å². The molecule has 18 heavy (non-hydrogen) atoms. The maximum Gasteiger partial charge on any atom is 0.338 e. The fourth-order valence-corrected chi connectivity index (χ4v) is 2.54. The zero-order valence-electron chi connectivity index (χ0n) is 11.1. The van der Waals surface area contributed by atoms with Crippen LogP contribution in [0.25, 0.3) is 0 Å². The molecule has 4 nitrogen and oxygen atoms in total. The first-order valence-corrected chi connectivity index (χ1v) is 7.20. The summed E-state index contributed by atoms with van der Waals surface area (Å²) in [5.74, 6) is -0.447. The van der Waals surface area contributed by atoms with Gasteiger partial charge in [0.1, 0.15) is 0 Å². The summed E-state index contributed by atoms with van der Waals surface area (Å²) in [7, 11) is -3.38. The standard InChI is InChI=1S/C13H18O4S/c1-5-17-12(14)10-6-8-11(9-7-10)18(15,16)13(2,3)4/h6-9H,5H2,1-4H3. The fraction of sp³-hybridized carbons (Fsp3) is 0.462. The van der Waals surface area contributed by atoms with E-state index in [4.69, 9.17) is 4.74 Å². The Labute approximate surface area is 108 Å². The van der Waals surface area contributed by atoms with Crippen LogP contribution in [0.3, 0.4) is 0 Å². The Hall–Kier alpha value is -1.36. The molecule has 0 aliphatic carbocycles. The van der Waals surface area contributed by atoms with E-state index in [9.17, 15) is 13.2 Å². The summed E-state index contributed by atoms with van der Waals surface area (Å²) in [5, 5.41) is 0. The Kier molecular flexibility index (Phi) is 4.16. The van der Waals surface area contributed by atoms with Gasteiger partial charge in [-0.1, -0.05) is 0 Å². The quantitative estimate of drug-likeness (QED) is 0.791. The number of carbonyl (C=O) groups excluding carboxylic acids is 1. The third kappa shape index (κ3) is 2.90. The van der Waals surface area contributed by atoms with Crippen molar-refractivity contribution in [2.45, 2.75) is 37.3 Å². The first-order chi connectivity index (χ1) is 8.20. The Bertz CT molecular complexity index is 521. The van der Waals surface area contributed by atoms with Crippen molar-refractivity contribution in [1.29, 1.82) is 0 Å². The van der Waals surface area contributed by atoms with Crippen molar-refractivity contribution in [2.75, 3.05) is 6.61 Å². The molecule has 0 atom stereocenters. The first-order valence-electron chi connectivity index (χ1n) is 5.72. The molecule has 0 N–H and O–H groups in total. The second-order valence-electron chi connectivity index (χ2n) is 4.86. The predicted molar refractivity (Wildman–Crippen MR) is 69.3 cm³/mol. The van der Waals surface area contributed by atoms with Crippen LogP contribution < -0.4 is 0 Å². The Morgan fingerprint density at radius 3 is 2.06 bits per heavy atom. The average molecular weight is 270 g/mol. The molecular weight excluding hydrogens is 252 g/mol. The van der Waals surface area contributed by atoms with Crippen LogP contribution in [0, 0.1) is 0 Å². The molecule has 1 aromatic carbocycles. The van der Waals surface area contributed by atoms with Gasteiger partial charge in [-0.05, 0) is 52.0 Å². The van der Waals surface area contributed by atoms with E-state index in [2.05, 4.69) is 0 Å². The number of sulfone groups is 1. The highest BCUT2D eigenvalue weighted by atomic mass is 32.2. The predicted octanol–water partition coefficient (Wildman–Crippen LogP) is 2.44. The number of hydrogen-bond acceptors (Lipinski definition) is 4. The summed E-state index contributed by atoms with van der Waals surface area (Å²) >= 11 is 0. The Morgan fingerprint density at radius 2 is 1.67 bits per heavy atom. The summed E-state index contributed by atoms with van der Waals surface area (Å²) in [6.45, 7) is 6.93. The van der Waals surface area contributed by atoms with E-state index >= 15 is 0 Å². The second-order valence-corrected chi connectivity index (χ2v) is 7.56. The summed E-state index contributed by atoms with van der Waals surface area (Å²) in [6, 6.07) is 5.81. The van der Waals surface area contributed by atoms with E-state index in [1.54, 1.807) is 27.7 Å². The number of rotatable bonds is 3. The van der Waals surface area contributed by atoms with Gasteiger partial charge >= 0.3 is 5.97 Å². The van der Waals surface area contributed by atoms with Crippen LogP contribution >= 0.6 is 0 Å². The number of esters is 1. The topological polar surface area (TPSA) is 60.4 Å². The number of carbonyl (C=O) groups is 1. The minimum atomic E-state index is -3.38. The lowest BCUT2D eigenvalue weighted by Crippen LogP contribution is -2.27. The van der Waals surface area contributed by atoms with Gasteiger partial charge in [-0.2, -0.15) is 0 Å². The molecule has 5 heteroatoms. The van der Waals surface area contributed by atoms with E-state index in [0.29, 0.717) is 12.2 Å². The molecule has 0 unspecified atom stereocenters. The highest BCUT2D eigenvalue weighted by Crippen LogP contribution is 2.24. The van der Waals surface area contributed by atoms with Crippen LogP contribution in [0.1, 0.15) is 38.1 Å². The van der Waals surface area contributed by atoms with Gasteiger partial charge in [0.25, 0.3) is 0 Å².